The van der Waals surface area contributed by atoms with Crippen LogP contribution in [0, 0.1) is 6.92 Å². The minimum atomic E-state index is 1.01. The van der Waals surface area contributed by atoms with Crippen molar-refractivity contribution in [3.63, 3.8) is 0 Å². The zero-order chi connectivity index (χ0) is 15.8. The third kappa shape index (κ3) is 2.31. The Bertz CT molecular complexity index is 955. The third-order valence-corrected chi connectivity index (χ3v) is 4.77. The van der Waals surface area contributed by atoms with E-state index in [9.17, 15) is 0 Å². The lowest BCUT2D eigenvalue weighted by Crippen LogP contribution is -1.97. The van der Waals surface area contributed by atoms with E-state index >= 15 is 0 Å². The molecule has 0 unspecified atom stereocenters. The van der Waals surface area contributed by atoms with Crippen LogP contribution in [0.5, 0.6) is 0 Å². The highest BCUT2D eigenvalue weighted by Gasteiger charge is 2.17. The predicted octanol–water partition coefficient (Wildman–Crippen LogP) is 6.39. The lowest BCUT2D eigenvalue weighted by molar-refractivity contribution is 1.22. The van der Waals surface area contributed by atoms with Gasteiger partial charge in [-0.1, -0.05) is 78.4 Å². The van der Waals surface area contributed by atoms with E-state index in [1.165, 1.54) is 44.2 Å². The van der Waals surface area contributed by atoms with E-state index < -0.39 is 0 Å². The van der Waals surface area contributed by atoms with Crippen LogP contribution < -0.4 is 0 Å². The van der Waals surface area contributed by atoms with E-state index in [0.29, 0.717) is 0 Å². The number of benzene rings is 3. The van der Waals surface area contributed by atoms with E-state index in [0.717, 1.165) is 6.42 Å². The minimum Gasteiger partial charge on any atom is -0.0798 e. The van der Waals surface area contributed by atoms with Crippen LogP contribution in [-0.4, -0.2) is 0 Å². The van der Waals surface area contributed by atoms with Crippen LogP contribution in [0.2, 0.25) is 0 Å². The maximum atomic E-state index is 2.28. The summed E-state index contributed by atoms with van der Waals surface area (Å²) in [5, 5.41) is 2.65. The van der Waals surface area contributed by atoms with Crippen molar-refractivity contribution in [1.29, 1.82) is 0 Å². The van der Waals surface area contributed by atoms with Gasteiger partial charge in [-0.25, -0.2) is 0 Å². The van der Waals surface area contributed by atoms with E-state index in [1.54, 1.807) is 0 Å². The van der Waals surface area contributed by atoms with Gasteiger partial charge in [-0.3, -0.25) is 0 Å². The first kappa shape index (κ1) is 14.0. The van der Waals surface area contributed by atoms with Gasteiger partial charge in [0.2, 0.25) is 0 Å². The van der Waals surface area contributed by atoms with Gasteiger partial charge in [0.25, 0.3) is 0 Å². The van der Waals surface area contributed by atoms with Gasteiger partial charge in [-0.05, 0) is 58.9 Å². The summed E-state index contributed by atoms with van der Waals surface area (Å²) < 4.78 is 0. The second kappa shape index (κ2) is 5.55. The SMILES string of the molecule is CC1=C(c2c(C)ccc3ccccc23)c2ccccc2C=CC1. The Labute approximate surface area is 137 Å². The van der Waals surface area contributed by atoms with Crippen LogP contribution in [0.15, 0.2) is 72.3 Å². The molecule has 0 amide bonds. The first-order valence-electron chi connectivity index (χ1n) is 8.20. The largest absolute Gasteiger partial charge is 0.0798 e. The van der Waals surface area contributed by atoms with Gasteiger partial charge < -0.3 is 0 Å². The molecule has 0 N–H and O–H groups in total. The lowest BCUT2D eigenvalue weighted by atomic mass is 9.85. The van der Waals surface area contributed by atoms with Crippen molar-refractivity contribution in [3.05, 3.63) is 94.6 Å². The van der Waals surface area contributed by atoms with Crippen LogP contribution in [-0.2, 0) is 0 Å². The van der Waals surface area contributed by atoms with Crippen LogP contribution in [0.1, 0.15) is 35.6 Å². The van der Waals surface area contributed by atoms with E-state index in [2.05, 4.69) is 86.7 Å². The van der Waals surface area contributed by atoms with E-state index in [-0.39, 0.29) is 0 Å². The van der Waals surface area contributed by atoms with Gasteiger partial charge in [0.15, 0.2) is 0 Å². The topological polar surface area (TPSA) is 0 Å². The second-order valence-corrected chi connectivity index (χ2v) is 6.33. The fourth-order valence-electron chi connectivity index (χ4n) is 3.63. The second-order valence-electron chi connectivity index (χ2n) is 6.33. The Morgan fingerprint density at radius 2 is 1.57 bits per heavy atom. The van der Waals surface area contributed by atoms with Crippen molar-refractivity contribution in [2.24, 2.45) is 0 Å². The number of rotatable bonds is 1. The molecule has 1 aliphatic carbocycles. The molecule has 112 valence electrons. The molecule has 3 aromatic rings. The van der Waals surface area contributed by atoms with Crippen LogP contribution in [0.25, 0.3) is 22.4 Å². The highest BCUT2D eigenvalue weighted by atomic mass is 14.2. The number of hydrogen-bond donors (Lipinski definition) is 0. The molecule has 3 aromatic carbocycles. The normalized spacial score (nSPS) is 14.0. The molecule has 0 bridgehead atoms. The lowest BCUT2D eigenvalue weighted by Gasteiger charge is -2.18. The summed E-state index contributed by atoms with van der Waals surface area (Å²) in [4.78, 5) is 0. The molecule has 0 fully saturated rings. The average Bonchev–Trinajstić information content (AvgIpc) is 2.74. The number of hydrogen-bond acceptors (Lipinski definition) is 0. The molecular formula is C23H20. The summed E-state index contributed by atoms with van der Waals surface area (Å²) >= 11 is 0. The molecule has 0 aliphatic heterocycles. The van der Waals surface area contributed by atoms with Crippen LogP contribution in [0.4, 0.5) is 0 Å². The fourth-order valence-corrected chi connectivity index (χ4v) is 3.63. The van der Waals surface area contributed by atoms with Gasteiger partial charge in [0, 0.05) is 0 Å². The number of fused-ring (bicyclic) bond motifs is 2. The molecule has 23 heavy (non-hydrogen) atoms. The number of allylic oxidation sites excluding steroid dienone is 2. The highest BCUT2D eigenvalue weighted by Crippen LogP contribution is 2.38. The van der Waals surface area contributed by atoms with Gasteiger partial charge in [0.1, 0.15) is 0 Å². The summed E-state index contributed by atoms with van der Waals surface area (Å²) in [7, 11) is 0. The molecule has 0 atom stereocenters. The molecule has 0 nitrogen and oxygen atoms in total. The highest BCUT2D eigenvalue weighted by molar-refractivity contribution is 6.01. The number of aryl methyl sites for hydroxylation is 1. The van der Waals surface area contributed by atoms with Crippen molar-refractivity contribution in [2.45, 2.75) is 20.3 Å². The summed E-state index contributed by atoms with van der Waals surface area (Å²) in [5.41, 5.74) is 8.22. The van der Waals surface area contributed by atoms with Crippen molar-refractivity contribution in [2.75, 3.05) is 0 Å². The Hall–Kier alpha value is -2.60. The van der Waals surface area contributed by atoms with Gasteiger partial charge in [-0.15, -0.1) is 0 Å². The summed E-state index contributed by atoms with van der Waals surface area (Å²) in [6.07, 6.45) is 5.54. The summed E-state index contributed by atoms with van der Waals surface area (Å²) in [6, 6.07) is 21.9. The van der Waals surface area contributed by atoms with Gasteiger partial charge in [0.05, 0.1) is 0 Å². The Balaban J connectivity index is 2.11. The van der Waals surface area contributed by atoms with E-state index in [4.69, 9.17) is 0 Å². The first-order valence-corrected chi connectivity index (χ1v) is 8.20. The standard InChI is InChI=1S/C23H20/c1-16-8-7-11-18-9-3-5-12-20(18)22(16)23-17(2)14-15-19-10-4-6-13-21(19)23/h3-7,9-15H,8H2,1-2H3. The molecular weight excluding hydrogens is 276 g/mol. The van der Waals surface area contributed by atoms with Crippen molar-refractivity contribution in [3.8, 4) is 0 Å². The molecule has 0 spiro atoms. The Morgan fingerprint density at radius 1 is 0.783 bits per heavy atom. The van der Waals surface area contributed by atoms with Crippen LogP contribution >= 0.6 is 0 Å². The molecule has 0 radical (unpaired) electrons. The smallest absolute Gasteiger partial charge is 0.00703 e. The zero-order valence-corrected chi connectivity index (χ0v) is 13.6. The molecule has 0 saturated carbocycles. The molecule has 0 aromatic heterocycles. The monoisotopic (exact) mass is 296 g/mol. The predicted molar refractivity (Wildman–Crippen MR) is 100 cm³/mol. The Morgan fingerprint density at radius 3 is 2.48 bits per heavy atom. The average molecular weight is 296 g/mol. The quantitative estimate of drug-likeness (QED) is 0.488. The van der Waals surface area contributed by atoms with Crippen molar-refractivity contribution >= 4 is 22.4 Å². The van der Waals surface area contributed by atoms with E-state index in [1.807, 2.05) is 0 Å². The molecule has 0 heteroatoms. The summed E-state index contributed by atoms with van der Waals surface area (Å²) in [5.74, 6) is 0. The van der Waals surface area contributed by atoms with Crippen molar-refractivity contribution < 1.29 is 0 Å². The first-order chi connectivity index (χ1) is 11.3. The minimum absolute atomic E-state index is 1.01. The molecule has 1 aliphatic rings. The summed E-state index contributed by atoms with van der Waals surface area (Å²) in [6.45, 7) is 4.49. The molecule has 4 rings (SSSR count). The maximum absolute atomic E-state index is 2.28. The van der Waals surface area contributed by atoms with Crippen LogP contribution in [0.3, 0.4) is 0 Å². The van der Waals surface area contributed by atoms with Gasteiger partial charge >= 0.3 is 0 Å². The third-order valence-electron chi connectivity index (χ3n) is 4.77. The fraction of sp³-hybridized carbons (Fsp3) is 0.130. The maximum Gasteiger partial charge on any atom is -0.00703 e. The molecule has 0 heterocycles. The van der Waals surface area contributed by atoms with Crippen molar-refractivity contribution in [1.82, 2.24) is 0 Å². The Kier molecular flexibility index (Phi) is 3.38. The molecule has 0 saturated heterocycles. The van der Waals surface area contributed by atoms with Gasteiger partial charge in [-0.2, -0.15) is 0 Å². The zero-order valence-electron chi connectivity index (χ0n) is 13.6.